The summed E-state index contributed by atoms with van der Waals surface area (Å²) in [6.07, 6.45) is 0.539. The van der Waals surface area contributed by atoms with E-state index < -0.39 is 12.0 Å². The van der Waals surface area contributed by atoms with Gasteiger partial charge in [0.2, 0.25) is 0 Å². The molecular weight excluding hydrogens is 190 g/mol. The van der Waals surface area contributed by atoms with Crippen molar-refractivity contribution in [3.63, 3.8) is 0 Å². The number of halogens is 2. The van der Waals surface area contributed by atoms with Gasteiger partial charge in [-0.2, -0.15) is 0 Å². The van der Waals surface area contributed by atoms with Gasteiger partial charge in [0.1, 0.15) is 0 Å². The van der Waals surface area contributed by atoms with Gasteiger partial charge in [0, 0.05) is 11.5 Å². The second kappa shape index (κ2) is 3.12. The molecule has 78 valence electrons. The molecule has 0 aliphatic heterocycles. The van der Waals surface area contributed by atoms with E-state index in [4.69, 9.17) is 0 Å². The largest absolute Gasteiger partial charge is 0.385 e. The third-order valence-corrected chi connectivity index (χ3v) is 2.77. The van der Waals surface area contributed by atoms with E-state index in [9.17, 15) is 18.7 Å². The van der Waals surface area contributed by atoms with E-state index in [2.05, 4.69) is 0 Å². The highest BCUT2D eigenvalue weighted by atomic mass is 19.3. The fourth-order valence-corrected chi connectivity index (χ4v) is 1.45. The Morgan fingerprint density at radius 3 is 2.36 bits per heavy atom. The first-order valence-electron chi connectivity index (χ1n) is 4.79. The molecule has 2 aliphatic carbocycles. The van der Waals surface area contributed by atoms with E-state index >= 15 is 0 Å². The topological polar surface area (TPSA) is 37.3 Å². The minimum absolute atomic E-state index is 0.0638. The van der Waals surface area contributed by atoms with Crippen LogP contribution in [0.2, 0.25) is 0 Å². The Balaban J connectivity index is 2.12. The highest BCUT2D eigenvalue weighted by Crippen LogP contribution is 2.45. The zero-order valence-corrected chi connectivity index (χ0v) is 7.67. The van der Waals surface area contributed by atoms with Gasteiger partial charge < -0.3 is 5.11 Å². The van der Waals surface area contributed by atoms with Crippen LogP contribution in [0.4, 0.5) is 8.78 Å². The van der Waals surface area contributed by atoms with Crippen LogP contribution in [-0.2, 0) is 4.79 Å². The molecule has 0 bridgehead atoms. The van der Waals surface area contributed by atoms with Crippen molar-refractivity contribution in [1.29, 1.82) is 0 Å². The number of carbonyl (C=O) groups excluding carboxylic acids is 1. The molecule has 2 nitrogen and oxygen atoms in total. The summed E-state index contributed by atoms with van der Waals surface area (Å²) in [6, 6.07) is 0. The van der Waals surface area contributed by atoms with Crippen molar-refractivity contribution >= 4 is 5.78 Å². The number of hydrogen-bond acceptors (Lipinski definition) is 2. The average molecular weight is 202 g/mol. The first-order chi connectivity index (χ1) is 6.53. The molecule has 0 saturated heterocycles. The van der Waals surface area contributed by atoms with Crippen LogP contribution < -0.4 is 0 Å². The van der Waals surface area contributed by atoms with Crippen molar-refractivity contribution in [3.8, 4) is 0 Å². The summed E-state index contributed by atoms with van der Waals surface area (Å²) in [5, 5.41) is 9.51. The Hall–Kier alpha value is -0.770. The van der Waals surface area contributed by atoms with Crippen molar-refractivity contribution in [3.05, 3.63) is 11.6 Å². The summed E-state index contributed by atoms with van der Waals surface area (Å²) < 4.78 is 25.0. The van der Waals surface area contributed by atoms with Crippen molar-refractivity contribution in [1.82, 2.24) is 0 Å². The molecule has 4 heteroatoms. The van der Waals surface area contributed by atoms with Crippen LogP contribution >= 0.6 is 0 Å². The third-order valence-electron chi connectivity index (χ3n) is 2.77. The lowest BCUT2D eigenvalue weighted by molar-refractivity contribution is -0.115. The molecule has 2 rings (SSSR count). The number of allylic oxidation sites excluding steroid dienone is 1. The normalized spacial score (nSPS) is 25.3. The molecular formula is C10H12F2O2. The van der Waals surface area contributed by atoms with Crippen molar-refractivity contribution in [2.24, 2.45) is 5.92 Å². The monoisotopic (exact) mass is 202 g/mol. The maximum Gasteiger partial charge on any atom is 0.263 e. The van der Waals surface area contributed by atoms with Crippen LogP contribution in [0.1, 0.15) is 25.7 Å². The summed E-state index contributed by atoms with van der Waals surface area (Å²) in [7, 11) is 0. The molecule has 2 saturated carbocycles. The van der Waals surface area contributed by atoms with E-state index in [0.29, 0.717) is 12.8 Å². The molecule has 0 atom stereocenters. The molecule has 2 fully saturated rings. The van der Waals surface area contributed by atoms with E-state index in [1.807, 2.05) is 0 Å². The predicted octanol–water partition coefficient (Wildman–Crippen LogP) is 1.68. The van der Waals surface area contributed by atoms with Crippen LogP contribution in [0.5, 0.6) is 0 Å². The fourth-order valence-electron chi connectivity index (χ4n) is 1.45. The average Bonchev–Trinajstić information content (AvgIpc) is 2.92. The zero-order chi connectivity index (χ0) is 10.3. The molecule has 2 aliphatic rings. The highest BCUT2D eigenvalue weighted by Gasteiger charge is 2.48. The number of aliphatic hydroxyl groups is 1. The standard InChI is InChI=1S/C10H12F2O2/c11-9(12)7(10(14)3-4-10)5-8(13)6-1-2-6/h5-6,9,14H,1-4H2/b7-5-. The molecule has 0 heterocycles. The van der Waals surface area contributed by atoms with Crippen molar-refractivity contribution in [2.75, 3.05) is 0 Å². The number of rotatable bonds is 4. The van der Waals surface area contributed by atoms with E-state index in [1.54, 1.807) is 0 Å². The van der Waals surface area contributed by atoms with Gasteiger partial charge in [-0.1, -0.05) is 0 Å². The molecule has 0 radical (unpaired) electrons. The second-order valence-corrected chi connectivity index (χ2v) is 4.11. The Kier molecular flexibility index (Phi) is 2.18. The predicted molar refractivity (Wildman–Crippen MR) is 46.0 cm³/mol. The molecule has 0 unspecified atom stereocenters. The van der Waals surface area contributed by atoms with Gasteiger partial charge in [-0.05, 0) is 31.8 Å². The molecule has 0 aromatic heterocycles. The summed E-state index contributed by atoms with van der Waals surface area (Å²) in [5.74, 6) is -0.313. The van der Waals surface area contributed by atoms with Crippen molar-refractivity contribution in [2.45, 2.75) is 37.7 Å². The Bertz CT molecular complexity index is 288. The summed E-state index contributed by atoms with van der Waals surface area (Å²) in [5.41, 5.74) is -1.76. The van der Waals surface area contributed by atoms with Crippen LogP contribution in [0.25, 0.3) is 0 Å². The lowest BCUT2D eigenvalue weighted by Gasteiger charge is -2.11. The minimum atomic E-state index is -2.72. The number of carbonyl (C=O) groups is 1. The lowest BCUT2D eigenvalue weighted by atomic mass is 10.1. The first kappa shape index (κ1) is 9.77. The van der Waals surface area contributed by atoms with Crippen LogP contribution in [0.3, 0.4) is 0 Å². The summed E-state index contributed by atoms with van der Waals surface area (Å²) >= 11 is 0. The second-order valence-electron chi connectivity index (χ2n) is 4.11. The SMILES string of the molecule is O=C(/C=C(/C(F)F)C1(O)CC1)C1CC1. The van der Waals surface area contributed by atoms with Crippen molar-refractivity contribution < 1.29 is 18.7 Å². The first-order valence-corrected chi connectivity index (χ1v) is 4.79. The van der Waals surface area contributed by atoms with Gasteiger partial charge >= 0.3 is 0 Å². The van der Waals surface area contributed by atoms with E-state index in [-0.39, 0.29) is 17.3 Å². The van der Waals surface area contributed by atoms with Gasteiger partial charge in [-0.15, -0.1) is 0 Å². The molecule has 0 aromatic carbocycles. The van der Waals surface area contributed by atoms with Gasteiger partial charge in [-0.3, -0.25) is 4.79 Å². The third kappa shape index (κ3) is 1.85. The smallest absolute Gasteiger partial charge is 0.263 e. The van der Waals surface area contributed by atoms with Gasteiger partial charge in [0.15, 0.2) is 5.78 Å². The summed E-state index contributed by atoms with van der Waals surface area (Å²) in [4.78, 5) is 11.3. The number of ketones is 1. The quantitative estimate of drug-likeness (QED) is 0.704. The number of alkyl halides is 2. The Labute approximate surface area is 80.6 Å². The molecule has 14 heavy (non-hydrogen) atoms. The summed E-state index contributed by atoms with van der Waals surface area (Å²) in [6.45, 7) is 0. The number of hydrogen-bond donors (Lipinski definition) is 1. The molecule has 1 N–H and O–H groups in total. The van der Waals surface area contributed by atoms with Crippen LogP contribution in [-0.4, -0.2) is 22.9 Å². The van der Waals surface area contributed by atoms with Gasteiger partial charge in [0.25, 0.3) is 6.43 Å². The lowest BCUT2D eigenvalue weighted by Crippen LogP contribution is -2.19. The maximum atomic E-state index is 12.5. The zero-order valence-electron chi connectivity index (χ0n) is 7.67. The van der Waals surface area contributed by atoms with Gasteiger partial charge in [-0.25, -0.2) is 8.78 Å². The molecule has 0 spiro atoms. The minimum Gasteiger partial charge on any atom is -0.385 e. The maximum absolute atomic E-state index is 12.5. The van der Waals surface area contributed by atoms with Crippen LogP contribution in [0, 0.1) is 5.92 Å². The van der Waals surface area contributed by atoms with E-state index in [0.717, 1.165) is 18.9 Å². The Morgan fingerprint density at radius 1 is 1.43 bits per heavy atom. The van der Waals surface area contributed by atoms with Crippen LogP contribution in [0.15, 0.2) is 11.6 Å². The highest BCUT2D eigenvalue weighted by molar-refractivity contribution is 5.94. The van der Waals surface area contributed by atoms with Gasteiger partial charge in [0.05, 0.1) is 5.60 Å². The molecule has 0 aromatic rings. The Morgan fingerprint density at radius 2 is 2.00 bits per heavy atom. The molecule has 0 amide bonds. The fraction of sp³-hybridized carbons (Fsp3) is 0.700. The van der Waals surface area contributed by atoms with E-state index in [1.165, 1.54) is 0 Å².